The van der Waals surface area contributed by atoms with E-state index in [-0.39, 0.29) is 5.91 Å². The second-order valence-electron chi connectivity index (χ2n) is 3.67. The van der Waals surface area contributed by atoms with E-state index in [9.17, 15) is 4.79 Å². The van der Waals surface area contributed by atoms with Crippen molar-refractivity contribution in [2.24, 2.45) is 5.73 Å². The van der Waals surface area contributed by atoms with Gasteiger partial charge >= 0.3 is 0 Å². The van der Waals surface area contributed by atoms with Crippen LogP contribution in [0.3, 0.4) is 0 Å². The lowest BCUT2D eigenvalue weighted by atomic mass is 10.1. The maximum Gasteiger partial charge on any atom is 0.247 e. The summed E-state index contributed by atoms with van der Waals surface area (Å²) in [5, 5.41) is 5.17. The first-order chi connectivity index (χ1) is 8.16. The van der Waals surface area contributed by atoms with Gasteiger partial charge in [0.1, 0.15) is 6.04 Å². The summed E-state index contributed by atoms with van der Waals surface area (Å²) in [6.07, 6.45) is 0. The van der Waals surface area contributed by atoms with Crippen molar-refractivity contribution in [2.75, 3.05) is 5.32 Å². The zero-order chi connectivity index (χ0) is 12.3. The third-order valence-corrected chi connectivity index (χ3v) is 3.17. The second-order valence-corrected chi connectivity index (χ2v) is 4.53. The van der Waals surface area contributed by atoms with Crippen LogP contribution < -0.4 is 11.1 Å². The molecule has 17 heavy (non-hydrogen) atoms. The summed E-state index contributed by atoms with van der Waals surface area (Å²) in [5.41, 5.74) is 7.54. The van der Waals surface area contributed by atoms with E-state index in [1.54, 1.807) is 0 Å². The van der Waals surface area contributed by atoms with Gasteiger partial charge in [-0.25, -0.2) is 4.98 Å². The number of nitrogens with two attached hydrogens (primary N) is 1. The highest BCUT2D eigenvalue weighted by Crippen LogP contribution is 2.17. The van der Waals surface area contributed by atoms with Crippen LogP contribution in [-0.4, -0.2) is 10.9 Å². The van der Waals surface area contributed by atoms with Gasteiger partial charge in [-0.05, 0) is 12.5 Å². The quantitative estimate of drug-likeness (QED) is 0.872. The molecule has 1 atom stereocenters. The summed E-state index contributed by atoms with van der Waals surface area (Å²) in [6.45, 7) is 1.88. The molecule has 0 saturated carbocycles. The predicted octanol–water partition coefficient (Wildman–Crippen LogP) is 2.09. The molecule has 0 saturated heterocycles. The van der Waals surface area contributed by atoms with Crippen molar-refractivity contribution < 1.29 is 4.79 Å². The maximum absolute atomic E-state index is 11.9. The molecule has 0 aliphatic carbocycles. The molecule has 88 valence electrons. The minimum atomic E-state index is -0.666. The van der Waals surface area contributed by atoms with Gasteiger partial charge in [0, 0.05) is 5.38 Å². The molecular formula is C12H13N3OS. The molecule has 0 fully saturated rings. The normalized spacial score (nSPS) is 12.1. The van der Waals surface area contributed by atoms with Crippen LogP contribution >= 0.6 is 11.3 Å². The van der Waals surface area contributed by atoms with Gasteiger partial charge in [0.25, 0.3) is 0 Å². The van der Waals surface area contributed by atoms with Gasteiger partial charge in [0.15, 0.2) is 5.13 Å². The first kappa shape index (κ1) is 11.8. The summed E-state index contributed by atoms with van der Waals surface area (Å²) >= 11 is 1.39. The number of aryl methyl sites for hydroxylation is 1. The van der Waals surface area contributed by atoms with E-state index in [0.717, 1.165) is 11.3 Å². The minimum absolute atomic E-state index is 0.245. The van der Waals surface area contributed by atoms with E-state index in [1.165, 1.54) is 11.3 Å². The molecule has 0 aliphatic heterocycles. The molecule has 4 nitrogen and oxygen atoms in total. The number of aromatic nitrogens is 1. The zero-order valence-electron chi connectivity index (χ0n) is 9.38. The standard InChI is InChI=1S/C12H13N3OS/c1-8-7-17-12(14-8)15-11(16)10(13)9-5-3-2-4-6-9/h2-7,10H,13H2,1H3,(H,14,15,16)/t10-/m1/s1. The van der Waals surface area contributed by atoms with E-state index in [4.69, 9.17) is 5.73 Å². The van der Waals surface area contributed by atoms with Gasteiger partial charge in [-0.2, -0.15) is 0 Å². The van der Waals surface area contributed by atoms with Gasteiger partial charge in [0.2, 0.25) is 5.91 Å². The molecule has 1 heterocycles. The third kappa shape index (κ3) is 2.89. The summed E-state index contributed by atoms with van der Waals surface area (Å²) < 4.78 is 0. The Labute approximate surface area is 103 Å². The number of nitrogens with one attached hydrogen (secondary N) is 1. The maximum atomic E-state index is 11.9. The topological polar surface area (TPSA) is 68.0 Å². The Morgan fingerprint density at radius 1 is 1.41 bits per heavy atom. The Morgan fingerprint density at radius 2 is 2.12 bits per heavy atom. The SMILES string of the molecule is Cc1csc(NC(=O)[C@H](N)c2ccccc2)n1. The molecule has 1 amide bonds. The average Bonchev–Trinajstić information content (AvgIpc) is 2.75. The van der Waals surface area contributed by atoms with E-state index in [2.05, 4.69) is 10.3 Å². The lowest BCUT2D eigenvalue weighted by molar-refractivity contribution is -0.117. The Hall–Kier alpha value is -1.72. The molecule has 2 rings (SSSR count). The van der Waals surface area contributed by atoms with Crippen LogP contribution in [0.2, 0.25) is 0 Å². The van der Waals surface area contributed by atoms with Crippen LogP contribution in [0.25, 0.3) is 0 Å². The molecule has 2 aromatic rings. The Kier molecular flexibility index (Phi) is 3.51. The number of rotatable bonds is 3. The highest BCUT2D eigenvalue weighted by atomic mass is 32.1. The molecule has 0 radical (unpaired) electrons. The van der Waals surface area contributed by atoms with Crippen molar-refractivity contribution in [1.82, 2.24) is 4.98 Å². The fourth-order valence-corrected chi connectivity index (χ4v) is 2.10. The van der Waals surface area contributed by atoms with Crippen molar-refractivity contribution in [3.63, 3.8) is 0 Å². The lowest BCUT2D eigenvalue weighted by Gasteiger charge is -2.10. The molecule has 0 unspecified atom stereocenters. The molecule has 1 aromatic carbocycles. The highest BCUT2D eigenvalue weighted by molar-refractivity contribution is 7.13. The van der Waals surface area contributed by atoms with Gasteiger partial charge in [0.05, 0.1) is 5.69 Å². The number of hydrogen-bond donors (Lipinski definition) is 2. The molecular weight excluding hydrogens is 234 g/mol. The summed E-state index contributed by atoms with van der Waals surface area (Å²) in [7, 11) is 0. The van der Waals surface area contributed by atoms with Gasteiger partial charge in [-0.3, -0.25) is 4.79 Å². The Morgan fingerprint density at radius 3 is 2.71 bits per heavy atom. The number of anilines is 1. The van der Waals surface area contributed by atoms with Gasteiger partial charge in [-0.15, -0.1) is 11.3 Å². The number of carbonyl (C=O) groups excluding carboxylic acids is 1. The number of benzene rings is 1. The van der Waals surface area contributed by atoms with Gasteiger partial charge in [-0.1, -0.05) is 30.3 Å². The number of carbonyl (C=O) groups is 1. The van der Waals surface area contributed by atoms with E-state index in [1.807, 2.05) is 42.6 Å². The molecule has 5 heteroatoms. The third-order valence-electron chi connectivity index (χ3n) is 2.29. The average molecular weight is 247 g/mol. The van der Waals surface area contributed by atoms with Crippen LogP contribution in [0.5, 0.6) is 0 Å². The summed E-state index contributed by atoms with van der Waals surface area (Å²) in [4.78, 5) is 16.0. The minimum Gasteiger partial charge on any atom is -0.316 e. The fourth-order valence-electron chi connectivity index (χ4n) is 1.41. The van der Waals surface area contributed by atoms with Crippen molar-refractivity contribution in [2.45, 2.75) is 13.0 Å². The summed E-state index contributed by atoms with van der Waals surface area (Å²) in [5.74, 6) is -0.245. The number of hydrogen-bond acceptors (Lipinski definition) is 4. The van der Waals surface area contributed by atoms with E-state index < -0.39 is 6.04 Å². The smallest absolute Gasteiger partial charge is 0.247 e. The zero-order valence-corrected chi connectivity index (χ0v) is 10.2. The van der Waals surface area contributed by atoms with Gasteiger partial charge < -0.3 is 11.1 Å². The molecule has 0 spiro atoms. The van der Waals surface area contributed by atoms with E-state index >= 15 is 0 Å². The van der Waals surface area contributed by atoms with E-state index in [0.29, 0.717) is 5.13 Å². The van der Waals surface area contributed by atoms with Crippen LogP contribution in [0, 0.1) is 6.92 Å². The number of nitrogens with zero attached hydrogens (tertiary/aromatic N) is 1. The monoisotopic (exact) mass is 247 g/mol. The van der Waals surface area contributed by atoms with Crippen molar-refractivity contribution in [3.05, 3.63) is 47.0 Å². The number of amides is 1. The lowest BCUT2D eigenvalue weighted by Crippen LogP contribution is -2.27. The fraction of sp³-hybridized carbons (Fsp3) is 0.167. The number of thiazole rings is 1. The largest absolute Gasteiger partial charge is 0.316 e. The Balaban J connectivity index is 2.06. The highest BCUT2D eigenvalue weighted by Gasteiger charge is 2.16. The van der Waals surface area contributed by atoms with Crippen LogP contribution in [-0.2, 0) is 4.79 Å². The summed E-state index contributed by atoms with van der Waals surface area (Å²) in [6, 6.07) is 8.60. The molecule has 1 aromatic heterocycles. The van der Waals surface area contributed by atoms with Crippen molar-refractivity contribution in [3.8, 4) is 0 Å². The second kappa shape index (κ2) is 5.07. The molecule has 3 N–H and O–H groups in total. The molecule has 0 aliphatic rings. The van der Waals surface area contributed by atoms with Crippen LogP contribution in [0.1, 0.15) is 17.3 Å². The molecule has 0 bridgehead atoms. The predicted molar refractivity (Wildman–Crippen MR) is 68.9 cm³/mol. The Bertz CT molecular complexity index is 509. The first-order valence-electron chi connectivity index (χ1n) is 5.20. The van der Waals surface area contributed by atoms with Crippen LogP contribution in [0.4, 0.5) is 5.13 Å². The van der Waals surface area contributed by atoms with Crippen molar-refractivity contribution in [1.29, 1.82) is 0 Å². The first-order valence-corrected chi connectivity index (χ1v) is 6.08. The van der Waals surface area contributed by atoms with Crippen molar-refractivity contribution >= 4 is 22.4 Å². The van der Waals surface area contributed by atoms with Crippen LogP contribution in [0.15, 0.2) is 35.7 Å².